The minimum absolute atomic E-state index is 0.00655. The molecule has 8 nitrogen and oxygen atoms in total. The maximum atomic E-state index is 13.7. The number of nitrogens with one attached hydrogen (secondary N) is 3. The normalized spacial score (nSPS) is 13.2. The van der Waals surface area contributed by atoms with Crippen LogP contribution in [0.1, 0.15) is 33.4 Å². The number of hydrogen-bond donors (Lipinski definition) is 4. The third-order valence-corrected chi connectivity index (χ3v) is 6.65. The molecule has 0 saturated heterocycles. The molecule has 1 aromatic heterocycles. The fraction of sp³-hybridized carbons (Fsp3) is 0.333. The molecule has 0 saturated carbocycles. The van der Waals surface area contributed by atoms with Gasteiger partial charge in [-0.25, -0.2) is 22.2 Å². The molecular formula is C24H28F2N4O4S2. The Morgan fingerprint density at radius 1 is 1.11 bits per heavy atom. The molecule has 1 amide bonds. The van der Waals surface area contributed by atoms with E-state index in [1.807, 2.05) is 18.2 Å². The highest BCUT2D eigenvalue weighted by Gasteiger charge is 2.24. The first-order valence-electron chi connectivity index (χ1n) is 11.2. The van der Waals surface area contributed by atoms with Crippen molar-refractivity contribution in [1.82, 2.24) is 15.6 Å². The van der Waals surface area contributed by atoms with Crippen LogP contribution in [0.2, 0.25) is 0 Å². The van der Waals surface area contributed by atoms with Crippen LogP contribution in [0.4, 0.5) is 14.6 Å². The SMILES string of the molecule is CCc1cccc(CNC[C@H](O)[C@H](Cc2cc(F)cc(F)c2)NC(=O)c2nc(NS(C)(=O)=O)cs2)c1. The monoisotopic (exact) mass is 538 g/mol. The summed E-state index contributed by atoms with van der Waals surface area (Å²) in [7, 11) is -3.57. The van der Waals surface area contributed by atoms with Gasteiger partial charge in [0.1, 0.15) is 11.6 Å². The van der Waals surface area contributed by atoms with Crippen molar-refractivity contribution in [3.05, 3.63) is 81.2 Å². The molecule has 2 aromatic carbocycles. The highest BCUT2D eigenvalue weighted by atomic mass is 32.2. The van der Waals surface area contributed by atoms with E-state index in [2.05, 4.69) is 33.3 Å². The number of aliphatic hydroxyl groups excluding tert-OH is 1. The van der Waals surface area contributed by atoms with Gasteiger partial charge in [0.2, 0.25) is 10.0 Å². The number of halogens is 2. The first kappa shape index (κ1) is 27.7. The van der Waals surface area contributed by atoms with E-state index in [4.69, 9.17) is 0 Å². The first-order valence-corrected chi connectivity index (χ1v) is 13.9. The molecule has 4 N–H and O–H groups in total. The lowest BCUT2D eigenvalue weighted by Gasteiger charge is -2.24. The van der Waals surface area contributed by atoms with E-state index in [0.717, 1.165) is 47.8 Å². The highest BCUT2D eigenvalue weighted by Crippen LogP contribution is 2.17. The molecule has 0 aliphatic rings. The molecule has 0 fully saturated rings. The van der Waals surface area contributed by atoms with Crippen LogP contribution in [0.15, 0.2) is 47.8 Å². The largest absolute Gasteiger partial charge is 0.390 e. The predicted octanol–water partition coefficient (Wildman–Crippen LogP) is 2.85. The van der Waals surface area contributed by atoms with Crippen molar-refractivity contribution in [1.29, 1.82) is 0 Å². The molecule has 1 heterocycles. The number of aryl methyl sites for hydroxylation is 1. The zero-order valence-electron chi connectivity index (χ0n) is 19.8. The molecule has 3 aromatic rings. The Bertz CT molecular complexity index is 1280. The summed E-state index contributed by atoms with van der Waals surface area (Å²) in [5, 5.41) is 18.0. The van der Waals surface area contributed by atoms with E-state index < -0.39 is 39.7 Å². The quantitative estimate of drug-likeness (QED) is 0.282. The number of amides is 1. The molecule has 0 radical (unpaired) electrons. The molecule has 194 valence electrons. The van der Waals surface area contributed by atoms with Crippen molar-refractivity contribution in [3.8, 4) is 0 Å². The van der Waals surface area contributed by atoms with Gasteiger partial charge in [-0.05, 0) is 41.7 Å². The summed E-state index contributed by atoms with van der Waals surface area (Å²) < 4.78 is 52.4. The Hall–Kier alpha value is -2.93. The van der Waals surface area contributed by atoms with Crippen LogP contribution in [0.5, 0.6) is 0 Å². The van der Waals surface area contributed by atoms with Gasteiger partial charge in [0.05, 0.1) is 18.4 Å². The van der Waals surface area contributed by atoms with Crippen molar-refractivity contribution in [2.75, 3.05) is 17.5 Å². The maximum Gasteiger partial charge on any atom is 0.280 e. The summed E-state index contributed by atoms with van der Waals surface area (Å²) in [6.45, 7) is 2.63. The van der Waals surface area contributed by atoms with Gasteiger partial charge >= 0.3 is 0 Å². The predicted molar refractivity (Wildman–Crippen MR) is 135 cm³/mol. The van der Waals surface area contributed by atoms with E-state index in [-0.39, 0.29) is 29.4 Å². The van der Waals surface area contributed by atoms with Gasteiger partial charge in [-0.15, -0.1) is 11.3 Å². The van der Waals surface area contributed by atoms with Crippen LogP contribution < -0.4 is 15.4 Å². The topological polar surface area (TPSA) is 120 Å². The van der Waals surface area contributed by atoms with Crippen LogP contribution >= 0.6 is 11.3 Å². The van der Waals surface area contributed by atoms with E-state index in [0.29, 0.717) is 6.54 Å². The Kier molecular flexibility index (Phi) is 9.49. The van der Waals surface area contributed by atoms with Gasteiger partial charge in [0.15, 0.2) is 10.8 Å². The molecule has 0 unspecified atom stereocenters. The molecule has 0 aliphatic heterocycles. The average Bonchev–Trinajstić information content (AvgIpc) is 3.25. The molecule has 36 heavy (non-hydrogen) atoms. The fourth-order valence-corrected chi connectivity index (χ4v) is 4.79. The van der Waals surface area contributed by atoms with Crippen molar-refractivity contribution < 1.29 is 27.1 Å². The lowest BCUT2D eigenvalue weighted by atomic mass is 10.0. The van der Waals surface area contributed by atoms with Gasteiger partial charge in [-0.1, -0.05) is 31.2 Å². The Labute approximate surface area is 212 Å². The van der Waals surface area contributed by atoms with Crippen molar-refractivity contribution in [2.45, 2.75) is 38.5 Å². The number of aliphatic hydroxyl groups is 1. The molecular weight excluding hydrogens is 510 g/mol. The summed E-state index contributed by atoms with van der Waals surface area (Å²) >= 11 is 0.914. The van der Waals surface area contributed by atoms with E-state index in [9.17, 15) is 27.1 Å². The second-order valence-corrected chi connectivity index (χ2v) is 11.0. The lowest BCUT2D eigenvalue weighted by molar-refractivity contribution is 0.0829. The number of aromatic nitrogens is 1. The van der Waals surface area contributed by atoms with Crippen LogP contribution in [0.25, 0.3) is 0 Å². The third-order valence-electron chi connectivity index (χ3n) is 5.23. The van der Waals surface area contributed by atoms with Gasteiger partial charge in [0.25, 0.3) is 5.91 Å². The average molecular weight is 539 g/mol. The minimum atomic E-state index is -3.57. The summed E-state index contributed by atoms with van der Waals surface area (Å²) in [6, 6.07) is 10.1. The molecule has 3 rings (SSSR count). The number of thiazole rings is 1. The molecule has 0 aliphatic carbocycles. The Morgan fingerprint density at radius 3 is 2.47 bits per heavy atom. The minimum Gasteiger partial charge on any atom is -0.390 e. The maximum absolute atomic E-state index is 13.7. The summed E-state index contributed by atoms with van der Waals surface area (Å²) in [5.41, 5.74) is 2.47. The Morgan fingerprint density at radius 2 is 1.81 bits per heavy atom. The standard InChI is InChI=1S/C24H28F2N4O4S2/c1-3-15-5-4-6-16(7-15)12-27-13-21(31)20(10-17-8-18(25)11-19(26)9-17)28-23(32)24-29-22(14-35-24)30-36(2,33)34/h4-9,11,14,20-21,27,30-31H,3,10,12-13H2,1-2H3,(H,28,32)/t20-,21-/m0/s1. The van der Waals surface area contributed by atoms with Crippen LogP contribution in [0, 0.1) is 11.6 Å². The number of hydrogen-bond acceptors (Lipinski definition) is 7. The van der Waals surface area contributed by atoms with E-state index in [1.165, 1.54) is 10.9 Å². The van der Waals surface area contributed by atoms with Crippen molar-refractivity contribution >= 4 is 33.1 Å². The van der Waals surface area contributed by atoms with Crippen molar-refractivity contribution in [2.24, 2.45) is 0 Å². The number of rotatable bonds is 12. The van der Waals surface area contributed by atoms with Gasteiger partial charge in [0, 0.05) is 24.5 Å². The summed E-state index contributed by atoms with van der Waals surface area (Å²) in [5.74, 6) is -2.20. The lowest BCUT2D eigenvalue weighted by Crippen LogP contribution is -2.48. The van der Waals surface area contributed by atoms with Gasteiger partial charge in [-0.3, -0.25) is 9.52 Å². The molecule has 0 spiro atoms. The van der Waals surface area contributed by atoms with Crippen LogP contribution in [0.3, 0.4) is 0 Å². The number of anilines is 1. The smallest absolute Gasteiger partial charge is 0.280 e. The molecule has 12 heteroatoms. The van der Waals surface area contributed by atoms with E-state index in [1.54, 1.807) is 0 Å². The third kappa shape index (κ3) is 8.63. The van der Waals surface area contributed by atoms with Crippen LogP contribution in [-0.4, -0.2) is 49.4 Å². The van der Waals surface area contributed by atoms with Gasteiger partial charge in [-0.2, -0.15) is 0 Å². The van der Waals surface area contributed by atoms with E-state index >= 15 is 0 Å². The summed E-state index contributed by atoms with van der Waals surface area (Å²) in [6.07, 6.45) is 0.701. The number of sulfonamides is 1. The molecule has 2 atom stereocenters. The van der Waals surface area contributed by atoms with Crippen molar-refractivity contribution in [3.63, 3.8) is 0 Å². The zero-order chi connectivity index (χ0) is 26.3. The van der Waals surface area contributed by atoms with Crippen LogP contribution in [-0.2, 0) is 29.4 Å². The summed E-state index contributed by atoms with van der Waals surface area (Å²) in [4.78, 5) is 16.8. The number of benzene rings is 2. The second-order valence-electron chi connectivity index (χ2n) is 8.35. The zero-order valence-corrected chi connectivity index (χ0v) is 21.4. The Balaban J connectivity index is 1.71. The number of carbonyl (C=O) groups is 1. The fourth-order valence-electron chi connectivity index (χ4n) is 3.58. The highest BCUT2D eigenvalue weighted by molar-refractivity contribution is 7.92. The number of nitrogens with zero attached hydrogens (tertiary/aromatic N) is 1. The first-order chi connectivity index (χ1) is 17.0. The number of carbonyl (C=O) groups excluding carboxylic acids is 1. The van der Waals surface area contributed by atoms with Gasteiger partial charge < -0.3 is 15.7 Å². The second kappa shape index (κ2) is 12.3. The molecule has 0 bridgehead atoms.